The van der Waals surface area contributed by atoms with Gasteiger partial charge in [-0.25, -0.2) is 19.9 Å². The molecule has 0 atom stereocenters. The Kier molecular flexibility index (Phi) is 2.68. The highest BCUT2D eigenvalue weighted by atomic mass is 16.5. The van der Waals surface area contributed by atoms with Crippen molar-refractivity contribution in [2.45, 2.75) is 13.5 Å². The Morgan fingerprint density at radius 1 is 1.27 bits per heavy atom. The molecule has 0 saturated heterocycles. The van der Waals surface area contributed by atoms with Gasteiger partial charge in [0.15, 0.2) is 17.3 Å². The van der Waals surface area contributed by atoms with Crippen LogP contribution >= 0.6 is 0 Å². The maximum Gasteiger partial charge on any atom is 0.183 e. The minimum atomic E-state index is 0.336. The summed E-state index contributed by atoms with van der Waals surface area (Å²) < 4.78 is 5.19. The fourth-order valence-corrected chi connectivity index (χ4v) is 1.19. The number of nitrogen functional groups attached to an aromatic ring is 1. The average Bonchev–Trinajstić information content (AvgIpc) is 2.26. The molecule has 0 amide bonds. The number of nitrogens with zero attached hydrogens (tertiary/aromatic N) is 4. The first-order valence-electron chi connectivity index (χ1n) is 4.62. The van der Waals surface area contributed by atoms with Gasteiger partial charge in [0.25, 0.3) is 0 Å². The van der Waals surface area contributed by atoms with E-state index in [4.69, 9.17) is 10.5 Å². The second-order valence-corrected chi connectivity index (χ2v) is 2.89. The normalized spacial score (nSPS) is 10.7. The van der Waals surface area contributed by atoms with Crippen LogP contribution in [-0.2, 0) is 11.3 Å². The van der Waals surface area contributed by atoms with Gasteiger partial charge in [0.2, 0.25) is 0 Å². The van der Waals surface area contributed by atoms with E-state index in [0.717, 1.165) is 0 Å². The Morgan fingerprint density at radius 3 is 2.87 bits per heavy atom. The van der Waals surface area contributed by atoms with Crippen LogP contribution in [-0.4, -0.2) is 26.5 Å². The van der Waals surface area contributed by atoms with Gasteiger partial charge in [0.05, 0.1) is 0 Å². The summed E-state index contributed by atoms with van der Waals surface area (Å²) >= 11 is 0. The Morgan fingerprint density at radius 2 is 2.07 bits per heavy atom. The summed E-state index contributed by atoms with van der Waals surface area (Å²) in [5, 5.41) is 0. The minimum Gasteiger partial charge on any atom is -0.382 e. The Bertz CT molecular complexity index is 473. The van der Waals surface area contributed by atoms with Crippen LogP contribution in [0.5, 0.6) is 0 Å². The van der Waals surface area contributed by atoms with Crippen molar-refractivity contribution in [1.29, 1.82) is 0 Å². The number of anilines is 1. The number of hydrogen-bond acceptors (Lipinski definition) is 6. The van der Waals surface area contributed by atoms with Gasteiger partial charge in [-0.05, 0) is 6.92 Å². The van der Waals surface area contributed by atoms with Crippen LogP contribution < -0.4 is 5.73 Å². The smallest absolute Gasteiger partial charge is 0.183 e. The van der Waals surface area contributed by atoms with E-state index in [9.17, 15) is 0 Å². The summed E-state index contributed by atoms with van der Waals surface area (Å²) in [5.41, 5.74) is 6.75. The summed E-state index contributed by atoms with van der Waals surface area (Å²) in [5.74, 6) is 0.866. The van der Waals surface area contributed by atoms with Crippen molar-refractivity contribution in [3.05, 3.63) is 18.2 Å². The second-order valence-electron chi connectivity index (χ2n) is 2.89. The molecule has 0 spiro atoms. The third-order valence-corrected chi connectivity index (χ3v) is 1.84. The van der Waals surface area contributed by atoms with Crippen LogP contribution in [0.2, 0.25) is 0 Å². The van der Waals surface area contributed by atoms with Gasteiger partial charge in [-0.15, -0.1) is 0 Å². The zero-order valence-corrected chi connectivity index (χ0v) is 8.34. The number of nitrogens with two attached hydrogens (primary N) is 1. The number of aromatic nitrogens is 4. The van der Waals surface area contributed by atoms with Gasteiger partial charge in [-0.2, -0.15) is 0 Å². The molecule has 0 saturated carbocycles. The van der Waals surface area contributed by atoms with Crippen molar-refractivity contribution in [3.8, 4) is 0 Å². The molecule has 15 heavy (non-hydrogen) atoms. The number of fused-ring (bicyclic) bond motifs is 1. The van der Waals surface area contributed by atoms with Crippen LogP contribution in [0.25, 0.3) is 11.2 Å². The van der Waals surface area contributed by atoms with E-state index in [0.29, 0.717) is 36.0 Å². The lowest BCUT2D eigenvalue weighted by Gasteiger charge is -2.03. The first kappa shape index (κ1) is 9.72. The molecule has 0 aliphatic heterocycles. The molecule has 2 aromatic rings. The summed E-state index contributed by atoms with van der Waals surface area (Å²) in [7, 11) is 0. The van der Waals surface area contributed by atoms with Gasteiger partial charge in [0, 0.05) is 19.0 Å². The lowest BCUT2D eigenvalue weighted by Crippen LogP contribution is -2.04. The monoisotopic (exact) mass is 205 g/mol. The second kappa shape index (κ2) is 4.14. The summed E-state index contributed by atoms with van der Waals surface area (Å²) in [4.78, 5) is 16.4. The number of rotatable bonds is 3. The number of hydrogen-bond donors (Lipinski definition) is 1. The largest absolute Gasteiger partial charge is 0.382 e. The molecule has 6 nitrogen and oxygen atoms in total. The first-order chi connectivity index (χ1) is 7.31. The molecule has 0 bridgehead atoms. The maximum absolute atomic E-state index is 5.72. The van der Waals surface area contributed by atoms with Crippen LogP contribution in [0, 0.1) is 0 Å². The van der Waals surface area contributed by atoms with E-state index in [1.807, 2.05) is 6.92 Å². The summed E-state index contributed by atoms with van der Waals surface area (Å²) in [6.45, 7) is 2.86. The first-order valence-corrected chi connectivity index (χ1v) is 4.62. The topological polar surface area (TPSA) is 86.8 Å². The average molecular weight is 205 g/mol. The quantitative estimate of drug-likeness (QED) is 0.786. The summed E-state index contributed by atoms with van der Waals surface area (Å²) in [6.07, 6.45) is 3.13. The third kappa shape index (κ3) is 1.99. The van der Waals surface area contributed by atoms with Gasteiger partial charge in [0.1, 0.15) is 12.1 Å². The van der Waals surface area contributed by atoms with Gasteiger partial charge >= 0.3 is 0 Å². The number of ether oxygens (including phenoxy) is 1. The van der Waals surface area contributed by atoms with Crippen molar-refractivity contribution in [2.75, 3.05) is 12.3 Å². The fraction of sp³-hybridized carbons (Fsp3) is 0.333. The van der Waals surface area contributed by atoms with Crippen molar-refractivity contribution < 1.29 is 4.74 Å². The van der Waals surface area contributed by atoms with E-state index in [2.05, 4.69) is 19.9 Å². The molecular weight excluding hydrogens is 194 g/mol. The third-order valence-electron chi connectivity index (χ3n) is 1.84. The predicted octanol–water partition coefficient (Wildman–Crippen LogP) is 0.539. The molecule has 78 valence electrons. The fourth-order valence-electron chi connectivity index (χ4n) is 1.19. The Hall–Kier alpha value is -1.82. The standard InChI is InChI=1S/C9H11N5O/c1-2-15-5-6-13-8(10)7-9(14-6)12-4-3-11-7/h3-4H,2,5H2,1H3,(H2,10,12,13,14). The van der Waals surface area contributed by atoms with Gasteiger partial charge < -0.3 is 10.5 Å². The van der Waals surface area contributed by atoms with E-state index in [1.54, 1.807) is 12.4 Å². The van der Waals surface area contributed by atoms with E-state index in [-0.39, 0.29) is 0 Å². The van der Waals surface area contributed by atoms with Crippen LogP contribution in [0.3, 0.4) is 0 Å². The molecule has 0 unspecified atom stereocenters. The van der Waals surface area contributed by atoms with Crippen molar-refractivity contribution in [3.63, 3.8) is 0 Å². The molecular formula is C9H11N5O. The molecule has 2 aromatic heterocycles. The Labute approximate surface area is 86.5 Å². The molecule has 2 heterocycles. The highest BCUT2D eigenvalue weighted by Gasteiger charge is 2.06. The molecule has 2 rings (SSSR count). The van der Waals surface area contributed by atoms with E-state index < -0.39 is 0 Å². The van der Waals surface area contributed by atoms with Gasteiger partial charge in [-0.1, -0.05) is 0 Å². The molecule has 0 aliphatic carbocycles. The van der Waals surface area contributed by atoms with Crippen LogP contribution in [0.15, 0.2) is 12.4 Å². The van der Waals surface area contributed by atoms with Crippen molar-refractivity contribution in [1.82, 2.24) is 19.9 Å². The zero-order chi connectivity index (χ0) is 10.7. The summed E-state index contributed by atoms with van der Waals surface area (Å²) in [6, 6.07) is 0. The molecule has 2 N–H and O–H groups in total. The van der Waals surface area contributed by atoms with Crippen LogP contribution in [0.4, 0.5) is 5.82 Å². The molecule has 0 fully saturated rings. The zero-order valence-electron chi connectivity index (χ0n) is 8.34. The highest BCUT2D eigenvalue weighted by molar-refractivity contribution is 5.80. The molecule has 6 heteroatoms. The molecule has 0 aromatic carbocycles. The van der Waals surface area contributed by atoms with E-state index >= 15 is 0 Å². The van der Waals surface area contributed by atoms with Crippen molar-refractivity contribution >= 4 is 17.0 Å². The molecule has 0 radical (unpaired) electrons. The predicted molar refractivity (Wildman–Crippen MR) is 54.9 cm³/mol. The maximum atomic E-state index is 5.72. The van der Waals surface area contributed by atoms with Gasteiger partial charge in [-0.3, -0.25) is 0 Å². The van der Waals surface area contributed by atoms with Crippen LogP contribution in [0.1, 0.15) is 12.7 Å². The minimum absolute atomic E-state index is 0.336. The highest BCUT2D eigenvalue weighted by Crippen LogP contribution is 2.12. The SMILES string of the molecule is CCOCc1nc(N)c2nccnc2n1. The van der Waals surface area contributed by atoms with Crippen molar-refractivity contribution in [2.24, 2.45) is 0 Å². The van der Waals surface area contributed by atoms with E-state index in [1.165, 1.54) is 0 Å². The lowest BCUT2D eigenvalue weighted by atomic mass is 10.4. The Balaban J connectivity index is 2.43. The molecule has 0 aliphatic rings. The lowest BCUT2D eigenvalue weighted by molar-refractivity contribution is 0.128.